The molecule has 1 aliphatic rings. The van der Waals surface area contributed by atoms with E-state index in [1.807, 2.05) is 0 Å². The molecule has 1 saturated heterocycles. The molecule has 0 bridgehead atoms. The molecule has 2 aromatic carbocycles. The third kappa shape index (κ3) is 6.46. The minimum Gasteiger partial charge on any atom is -0.448 e. The van der Waals surface area contributed by atoms with E-state index in [4.69, 9.17) is 9.47 Å². The summed E-state index contributed by atoms with van der Waals surface area (Å²) in [5, 5.41) is 6.79. The Morgan fingerprint density at radius 3 is 2.54 bits per heavy atom. The summed E-state index contributed by atoms with van der Waals surface area (Å²) in [5.74, 6) is -4.28. The number of carbonyl (C=O) groups excluding carboxylic acids is 1. The van der Waals surface area contributed by atoms with Crippen LogP contribution in [-0.2, 0) is 16.0 Å². The lowest BCUT2D eigenvalue weighted by molar-refractivity contribution is 0.0290. The highest BCUT2D eigenvalue weighted by Crippen LogP contribution is 2.21. The van der Waals surface area contributed by atoms with Gasteiger partial charge in [0.05, 0.1) is 25.5 Å². The highest BCUT2D eigenvalue weighted by molar-refractivity contribution is 5.84. The van der Waals surface area contributed by atoms with Gasteiger partial charge in [0.25, 0.3) is 5.56 Å². The van der Waals surface area contributed by atoms with E-state index >= 15 is 0 Å². The maximum Gasteiger partial charge on any atom is 0.411 e. The summed E-state index contributed by atoms with van der Waals surface area (Å²) in [6.45, 7) is 3.81. The molecule has 2 heterocycles. The second kappa shape index (κ2) is 11.2. The number of morpholine rings is 1. The lowest BCUT2D eigenvalue weighted by Gasteiger charge is -2.26. The summed E-state index contributed by atoms with van der Waals surface area (Å²) in [5.41, 5.74) is 0.744. The quantitative estimate of drug-likeness (QED) is 0.514. The average molecular weight is 488 g/mol. The number of carbonyl (C=O) groups is 1. The van der Waals surface area contributed by atoms with Crippen molar-refractivity contribution in [3.8, 4) is 11.3 Å². The number of nitrogens with one attached hydrogen (secondary N) is 1. The van der Waals surface area contributed by atoms with Gasteiger partial charge in [-0.1, -0.05) is 12.1 Å². The second-order valence-corrected chi connectivity index (χ2v) is 7.88. The normalized spacial score (nSPS) is 14.0. The molecule has 8 nitrogen and oxygen atoms in total. The van der Waals surface area contributed by atoms with Gasteiger partial charge in [0, 0.05) is 37.0 Å². The van der Waals surface area contributed by atoms with Gasteiger partial charge in [-0.3, -0.25) is 15.0 Å². The van der Waals surface area contributed by atoms with Crippen LogP contribution in [0.5, 0.6) is 0 Å². The van der Waals surface area contributed by atoms with Crippen LogP contribution >= 0.6 is 0 Å². The number of ether oxygens (including phenoxy) is 2. The Labute approximate surface area is 198 Å². The Bertz CT molecular complexity index is 1240. The zero-order chi connectivity index (χ0) is 24.8. The van der Waals surface area contributed by atoms with Crippen LogP contribution in [0.1, 0.15) is 5.56 Å². The predicted molar refractivity (Wildman–Crippen MR) is 122 cm³/mol. The molecule has 11 heteroatoms. The molecular weight excluding hydrogens is 465 g/mol. The molecule has 1 aliphatic heterocycles. The summed E-state index contributed by atoms with van der Waals surface area (Å²) in [6, 6.07) is 10.9. The van der Waals surface area contributed by atoms with Crippen LogP contribution in [-0.4, -0.2) is 60.2 Å². The monoisotopic (exact) mass is 488 g/mol. The number of hydrogen-bond acceptors (Lipinski definition) is 6. The molecule has 1 amide bonds. The summed E-state index contributed by atoms with van der Waals surface area (Å²) < 4.78 is 52.1. The number of halogens is 3. The summed E-state index contributed by atoms with van der Waals surface area (Å²) in [7, 11) is 0. The van der Waals surface area contributed by atoms with Crippen molar-refractivity contribution in [2.75, 3.05) is 44.8 Å². The van der Waals surface area contributed by atoms with Crippen LogP contribution in [0.25, 0.3) is 11.3 Å². The number of aromatic nitrogens is 2. The van der Waals surface area contributed by atoms with E-state index < -0.39 is 29.1 Å². The predicted octanol–water partition coefficient (Wildman–Crippen LogP) is 3.26. The molecule has 35 heavy (non-hydrogen) atoms. The van der Waals surface area contributed by atoms with Gasteiger partial charge in [-0.25, -0.2) is 22.6 Å². The lowest BCUT2D eigenvalue weighted by Crippen LogP contribution is -2.38. The minimum atomic E-state index is -1.58. The van der Waals surface area contributed by atoms with Gasteiger partial charge in [-0.2, -0.15) is 5.10 Å². The number of benzene rings is 2. The van der Waals surface area contributed by atoms with Gasteiger partial charge in [0.2, 0.25) is 0 Å². The van der Waals surface area contributed by atoms with Crippen LogP contribution in [0.15, 0.2) is 53.3 Å². The Kier molecular flexibility index (Phi) is 7.78. The first kappa shape index (κ1) is 24.4. The molecule has 1 N–H and O–H groups in total. The van der Waals surface area contributed by atoms with Crippen LogP contribution in [0.3, 0.4) is 0 Å². The van der Waals surface area contributed by atoms with E-state index in [1.165, 1.54) is 12.1 Å². The van der Waals surface area contributed by atoms with Gasteiger partial charge < -0.3 is 9.47 Å². The van der Waals surface area contributed by atoms with Crippen molar-refractivity contribution in [1.82, 2.24) is 14.7 Å². The fraction of sp³-hybridized carbons (Fsp3) is 0.292. The van der Waals surface area contributed by atoms with Crippen LogP contribution in [0.2, 0.25) is 0 Å². The number of rotatable bonds is 7. The highest BCUT2D eigenvalue weighted by Gasteiger charge is 2.14. The molecule has 0 aliphatic carbocycles. The van der Waals surface area contributed by atoms with Crippen LogP contribution < -0.4 is 10.9 Å². The standard InChI is InChI=1S/C24H23F3N4O4/c25-19-13-17(14-20(26)23(19)27)21-4-5-22(32)31(29-21)15-16-2-1-3-18(12-16)28-24(33)35-11-8-30-6-9-34-10-7-30/h1-5,12-14H,6-11,15H2,(H,28,33). The molecule has 3 aromatic rings. The van der Waals surface area contributed by atoms with Crippen LogP contribution in [0.4, 0.5) is 23.7 Å². The fourth-order valence-corrected chi connectivity index (χ4v) is 3.59. The first-order chi connectivity index (χ1) is 16.9. The minimum absolute atomic E-state index is 0.00890. The first-order valence-electron chi connectivity index (χ1n) is 10.9. The molecule has 0 unspecified atom stereocenters. The van der Waals surface area contributed by atoms with Gasteiger partial charge in [0.15, 0.2) is 17.5 Å². The zero-order valence-electron chi connectivity index (χ0n) is 18.7. The van der Waals surface area contributed by atoms with Crippen molar-refractivity contribution in [2.24, 2.45) is 0 Å². The highest BCUT2D eigenvalue weighted by atomic mass is 19.2. The third-order valence-electron chi connectivity index (χ3n) is 5.40. The summed E-state index contributed by atoms with van der Waals surface area (Å²) in [6.07, 6.45) is -0.604. The SMILES string of the molecule is O=C(Nc1cccc(Cn2nc(-c3cc(F)c(F)c(F)c3)ccc2=O)c1)OCCN1CCOCC1. The van der Waals surface area contributed by atoms with Gasteiger partial charge in [0.1, 0.15) is 6.61 Å². The topological polar surface area (TPSA) is 85.7 Å². The molecular formula is C24H23F3N4O4. The number of nitrogens with zero attached hydrogens (tertiary/aromatic N) is 3. The molecule has 0 saturated carbocycles. The van der Waals surface area contributed by atoms with Gasteiger partial charge >= 0.3 is 6.09 Å². The van der Waals surface area contributed by atoms with E-state index in [0.717, 1.165) is 29.9 Å². The number of hydrogen-bond donors (Lipinski definition) is 1. The van der Waals surface area contributed by atoms with Crippen molar-refractivity contribution < 1.29 is 27.4 Å². The number of anilines is 1. The summed E-state index contributed by atoms with van der Waals surface area (Å²) in [4.78, 5) is 26.6. The maximum absolute atomic E-state index is 13.6. The smallest absolute Gasteiger partial charge is 0.411 e. The van der Waals surface area contributed by atoms with Crippen molar-refractivity contribution >= 4 is 11.8 Å². The first-order valence-corrected chi connectivity index (χ1v) is 10.9. The van der Waals surface area contributed by atoms with Crippen molar-refractivity contribution in [3.63, 3.8) is 0 Å². The zero-order valence-corrected chi connectivity index (χ0v) is 18.7. The maximum atomic E-state index is 13.6. The largest absolute Gasteiger partial charge is 0.448 e. The van der Waals surface area contributed by atoms with E-state index in [0.29, 0.717) is 31.0 Å². The molecule has 4 rings (SSSR count). The summed E-state index contributed by atoms with van der Waals surface area (Å²) >= 11 is 0. The Hall–Kier alpha value is -3.70. The molecule has 0 atom stereocenters. The van der Waals surface area contributed by atoms with Crippen molar-refractivity contribution in [1.29, 1.82) is 0 Å². The molecule has 1 fully saturated rings. The Morgan fingerprint density at radius 2 is 1.80 bits per heavy atom. The van der Waals surface area contributed by atoms with Crippen molar-refractivity contribution in [2.45, 2.75) is 6.54 Å². The van der Waals surface area contributed by atoms with Gasteiger partial charge in [-0.05, 0) is 35.9 Å². The molecule has 0 spiro atoms. The van der Waals surface area contributed by atoms with Crippen LogP contribution in [0, 0.1) is 17.5 Å². The lowest BCUT2D eigenvalue weighted by atomic mass is 10.1. The third-order valence-corrected chi connectivity index (χ3v) is 5.40. The fourth-order valence-electron chi connectivity index (χ4n) is 3.59. The van der Waals surface area contributed by atoms with Crippen molar-refractivity contribution in [3.05, 3.63) is 81.9 Å². The Balaban J connectivity index is 1.40. The second-order valence-electron chi connectivity index (χ2n) is 7.88. The molecule has 0 radical (unpaired) electrons. The molecule has 1 aromatic heterocycles. The van der Waals surface area contributed by atoms with E-state index in [1.54, 1.807) is 24.3 Å². The van der Waals surface area contributed by atoms with Gasteiger partial charge in [-0.15, -0.1) is 0 Å². The molecule has 184 valence electrons. The van der Waals surface area contributed by atoms with E-state index in [9.17, 15) is 22.8 Å². The van der Waals surface area contributed by atoms with E-state index in [-0.39, 0.29) is 24.4 Å². The number of amides is 1. The van der Waals surface area contributed by atoms with E-state index in [2.05, 4.69) is 15.3 Å². The average Bonchev–Trinajstić information content (AvgIpc) is 2.84. The Morgan fingerprint density at radius 1 is 1.06 bits per heavy atom.